The third-order valence-electron chi connectivity index (χ3n) is 6.76. The minimum atomic E-state index is -0.0255. The Morgan fingerprint density at radius 3 is 2.53 bits per heavy atom. The highest BCUT2D eigenvalue weighted by molar-refractivity contribution is 7.99. The molecule has 4 aromatic rings. The maximum Gasteiger partial charge on any atom is 0.254 e. The van der Waals surface area contributed by atoms with E-state index in [1.54, 1.807) is 18.0 Å². The third kappa shape index (κ3) is 5.52. The fraction of sp³-hybridized carbons (Fsp3) is 0.310. The zero-order chi connectivity index (χ0) is 26.5. The molecule has 9 heteroatoms. The number of carbonyl (C=O) groups is 2. The minimum absolute atomic E-state index is 0.0216. The van der Waals surface area contributed by atoms with Crippen LogP contribution in [0.2, 0.25) is 0 Å². The van der Waals surface area contributed by atoms with Crippen molar-refractivity contribution in [2.75, 3.05) is 25.4 Å². The van der Waals surface area contributed by atoms with Gasteiger partial charge in [-0.3, -0.25) is 14.2 Å². The molecule has 1 saturated heterocycles. The molecule has 2 amide bonds. The molecule has 0 saturated carbocycles. The molecule has 3 heterocycles. The first kappa shape index (κ1) is 25.8. The Labute approximate surface area is 226 Å². The first-order valence-electron chi connectivity index (χ1n) is 12.8. The van der Waals surface area contributed by atoms with Gasteiger partial charge >= 0.3 is 0 Å². The van der Waals surface area contributed by atoms with Crippen LogP contribution in [0, 0.1) is 6.92 Å². The molecular formula is C29H31N5O3S. The van der Waals surface area contributed by atoms with Crippen molar-refractivity contribution in [3.63, 3.8) is 0 Å². The number of aromatic nitrogens is 3. The maximum atomic E-state index is 13.0. The van der Waals surface area contributed by atoms with Gasteiger partial charge in [-0.05, 0) is 56.2 Å². The first-order valence-corrected chi connectivity index (χ1v) is 13.8. The van der Waals surface area contributed by atoms with Crippen LogP contribution in [-0.2, 0) is 4.79 Å². The molecule has 0 spiro atoms. The lowest BCUT2D eigenvalue weighted by molar-refractivity contribution is -0.133. The van der Waals surface area contributed by atoms with Gasteiger partial charge in [0.05, 0.1) is 12.0 Å². The molecule has 196 valence electrons. The molecule has 1 aliphatic heterocycles. The number of furan rings is 1. The molecule has 5 rings (SSSR count). The summed E-state index contributed by atoms with van der Waals surface area (Å²) in [7, 11) is 0. The van der Waals surface area contributed by atoms with Gasteiger partial charge in [0.25, 0.3) is 5.91 Å². The first-order chi connectivity index (χ1) is 18.5. The number of piperazine rings is 1. The number of para-hydroxylation sites is 1. The van der Waals surface area contributed by atoms with E-state index in [1.165, 1.54) is 0 Å². The predicted molar refractivity (Wildman–Crippen MR) is 147 cm³/mol. The number of rotatable bonds is 8. The molecule has 1 aliphatic rings. The second-order valence-corrected chi connectivity index (χ2v) is 10.5. The molecule has 1 atom stereocenters. The molecule has 38 heavy (non-hydrogen) atoms. The number of carbonyl (C=O) groups excluding carboxylic acids is 2. The monoisotopic (exact) mass is 529 g/mol. The summed E-state index contributed by atoms with van der Waals surface area (Å²) in [6.07, 6.45) is 2.80. The Kier molecular flexibility index (Phi) is 7.93. The molecule has 0 bridgehead atoms. The Hall–Kier alpha value is -3.85. The van der Waals surface area contributed by atoms with Crippen molar-refractivity contribution in [2.24, 2.45) is 0 Å². The van der Waals surface area contributed by atoms with Crippen molar-refractivity contribution in [1.29, 1.82) is 0 Å². The summed E-state index contributed by atoms with van der Waals surface area (Å²) in [5.74, 6) is 2.19. The average molecular weight is 530 g/mol. The van der Waals surface area contributed by atoms with Gasteiger partial charge < -0.3 is 14.2 Å². The van der Waals surface area contributed by atoms with Gasteiger partial charge in [0.1, 0.15) is 0 Å². The minimum Gasteiger partial charge on any atom is -0.461 e. The van der Waals surface area contributed by atoms with Crippen molar-refractivity contribution in [2.45, 2.75) is 37.9 Å². The van der Waals surface area contributed by atoms with E-state index in [0.717, 1.165) is 28.6 Å². The number of nitrogens with zero attached hydrogens (tertiary/aromatic N) is 5. The van der Waals surface area contributed by atoms with Crippen LogP contribution in [0.25, 0.3) is 17.3 Å². The maximum absolute atomic E-state index is 13.0. The van der Waals surface area contributed by atoms with E-state index in [1.807, 2.05) is 82.0 Å². The Morgan fingerprint density at radius 2 is 1.79 bits per heavy atom. The number of hydrogen-bond donors (Lipinski definition) is 0. The smallest absolute Gasteiger partial charge is 0.254 e. The van der Waals surface area contributed by atoms with Crippen LogP contribution in [-0.4, -0.2) is 67.8 Å². The molecular weight excluding hydrogens is 498 g/mol. The van der Waals surface area contributed by atoms with Crippen molar-refractivity contribution in [3.05, 3.63) is 84.1 Å². The SMILES string of the molecule is Cc1ccccc1-n1c(SCCCC(=O)N2CCN(C(=O)c3ccccc3)C(C)C2)nnc1-c1ccco1. The molecule has 0 N–H and O–H groups in total. The highest BCUT2D eigenvalue weighted by atomic mass is 32.2. The molecule has 2 aromatic carbocycles. The van der Waals surface area contributed by atoms with E-state index in [2.05, 4.69) is 23.2 Å². The summed E-state index contributed by atoms with van der Waals surface area (Å²) in [4.78, 5) is 29.6. The number of hydrogen-bond acceptors (Lipinski definition) is 6. The van der Waals surface area contributed by atoms with Crippen LogP contribution in [0.4, 0.5) is 0 Å². The summed E-state index contributed by atoms with van der Waals surface area (Å²) in [5.41, 5.74) is 2.79. The second-order valence-electron chi connectivity index (χ2n) is 9.41. The van der Waals surface area contributed by atoms with Crippen molar-refractivity contribution < 1.29 is 14.0 Å². The van der Waals surface area contributed by atoms with Crippen LogP contribution in [0.15, 0.2) is 82.6 Å². The van der Waals surface area contributed by atoms with Crippen molar-refractivity contribution >= 4 is 23.6 Å². The predicted octanol–water partition coefficient (Wildman–Crippen LogP) is 5.08. The summed E-state index contributed by atoms with van der Waals surface area (Å²) < 4.78 is 7.63. The van der Waals surface area contributed by atoms with Crippen LogP contribution < -0.4 is 0 Å². The topological polar surface area (TPSA) is 84.5 Å². The lowest BCUT2D eigenvalue weighted by Crippen LogP contribution is -2.55. The highest BCUT2D eigenvalue weighted by Gasteiger charge is 2.30. The molecule has 1 fully saturated rings. The summed E-state index contributed by atoms with van der Waals surface area (Å²) in [5, 5.41) is 9.61. The van der Waals surface area contributed by atoms with Gasteiger partial charge in [-0.2, -0.15) is 0 Å². The van der Waals surface area contributed by atoms with Crippen molar-refractivity contribution in [1.82, 2.24) is 24.6 Å². The fourth-order valence-corrected chi connectivity index (χ4v) is 5.62. The van der Waals surface area contributed by atoms with E-state index < -0.39 is 0 Å². The van der Waals surface area contributed by atoms with Crippen molar-refractivity contribution in [3.8, 4) is 17.3 Å². The zero-order valence-electron chi connectivity index (χ0n) is 21.6. The summed E-state index contributed by atoms with van der Waals surface area (Å²) >= 11 is 1.58. The number of benzene rings is 2. The molecule has 8 nitrogen and oxygen atoms in total. The van der Waals surface area contributed by atoms with E-state index >= 15 is 0 Å². The molecule has 1 unspecified atom stereocenters. The fourth-order valence-electron chi connectivity index (χ4n) is 4.74. The zero-order valence-corrected chi connectivity index (χ0v) is 22.4. The quantitative estimate of drug-likeness (QED) is 0.234. The highest BCUT2D eigenvalue weighted by Crippen LogP contribution is 2.30. The van der Waals surface area contributed by atoms with Crippen LogP contribution >= 0.6 is 11.8 Å². The van der Waals surface area contributed by atoms with Crippen LogP contribution in [0.3, 0.4) is 0 Å². The third-order valence-corrected chi connectivity index (χ3v) is 7.77. The molecule has 2 aromatic heterocycles. The number of amides is 2. The van der Waals surface area contributed by atoms with Crippen LogP contribution in [0.1, 0.15) is 35.7 Å². The Bertz CT molecular complexity index is 1390. The van der Waals surface area contributed by atoms with Gasteiger partial charge in [0.15, 0.2) is 10.9 Å². The average Bonchev–Trinajstić information content (AvgIpc) is 3.62. The second kappa shape index (κ2) is 11.7. The van der Waals surface area contributed by atoms with Gasteiger partial charge in [-0.1, -0.05) is 48.2 Å². The van der Waals surface area contributed by atoms with E-state index in [9.17, 15) is 9.59 Å². The van der Waals surface area contributed by atoms with E-state index in [4.69, 9.17) is 4.42 Å². The van der Waals surface area contributed by atoms with E-state index in [-0.39, 0.29) is 17.9 Å². The lowest BCUT2D eigenvalue weighted by Gasteiger charge is -2.40. The number of aryl methyl sites for hydroxylation is 1. The van der Waals surface area contributed by atoms with E-state index in [0.29, 0.717) is 43.2 Å². The number of thioether (sulfide) groups is 1. The lowest BCUT2D eigenvalue weighted by atomic mass is 10.1. The van der Waals surface area contributed by atoms with Gasteiger partial charge in [0.2, 0.25) is 11.7 Å². The molecule has 0 aliphatic carbocycles. The van der Waals surface area contributed by atoms with Gasteiger partial charge in [-0.25, -0.2) is 0 Å². The molecule has 0 radical (unpaired) electrons. The Morgan fingerprint density at radius 1 is 1.00 bits per heavy atom. The summed E-state index contributed by atoms with van der Waals surface area (Å²) in [6, 6.07) is 21.1. The standard InChI is InChI=1S/C29H31N5O3S/c1-21-10-6-7-13-24(21)34-27(25-14-8-18-37-25)30-31-29(34)38-19-9-15-26(35)32-16-17-33(22(2)20-32)28(36)23-11-4-3-5-12-23/h3-8,10-14,18,22H,9,15-17,19-20H2,1-2H3. The Balaban J connectivity index is 1.17. The van der Waals surface area contributed by atoms with Crippen LogP contribution in [0.5, 0.6) is 0 Å². The summed E-state index contributed by atoms with van der Waals surface area (Å²) in [6.45, 7) is 5.72. The van der Waals surface area contributed by atoms with Gasteiger partial charge in [0, 0.05) is 43.4 Å². The van der Waals surface area contributed by atoms with Gasteiger partial charge in [-0.15, -0.1) is 10.2 Å². The normalized spacial score (nSPS) is 15.6. The largest absolute Gasteiger partial charge is 0.461 e.